The topological polar surface area (TPSA) is 56.8 Å². The first-order valence-corrected chi connectivity index (χ1v) is 8.95. The van der Waals surface area contributed by atoms with Gasteiger partial charge < -0.3 is 19.5 Å². The van der Waals surface area contributed by atoms with Crippen LogP contribution in [0.2, 0.25) is 5.02 Å². The molecule has 0 spiro atoms. The molecule has 0 aliphatic rings. The molecule has 0 radical (unpaired) electrons. The number of hydrogen-bond donors (Lipinski definition) is 1. The van der Waals surface area contributed by atoms with Crippen LogP contribution in [0, 0.1) is 0 Å². The van der Waals surface area contributed by atoms with Crippen LogP contribution < -0.4 is 19.5 Å². The van der Waals surface area contributed by atoms with Gasteiger partial charge in [-0.15, -0.1) is 0 Å². The van der Waals surface area contributed by atoms with E-state index in [1.54, 1.807) is 31.4 Å². The lowest BCUT2D eigenvalue weighted by Crippen LogP contribution is -2.28. The lowest BCUT2D eigenvalue weighted by molar-refractivity contribution is -0.123. The fourth-order valence-electron chi connectivity index (χ4n) is 2.20. The Kier molecular flexibility index (Phi) is 8.09. The first-order valence-electron chi connectivity index (χ1n) is 8.57. The maximum absolute atomic E-state index is 11.9. The molecule has 2 aromatic rings. The summed E-state index contributed by atoms with van der Waals surface area (Å²) in [5.41, 5.74) is 0.921. The molecule has 6 heteroatoms. The lowest BCUT2D eigenvalue weighted by atomic mass is 10.2. The molecule has 5 nitrogen and oxygen atoms in total. The molecule has 1 amide bonds. The second kappa shape index (κ2) is 10.6. The number of benzene rings is 2. The highest BCUT2D eigenvalue weighted by Gasteiger charge is 2.08. The summed E-state index contributed by atoms with van der Waals surface area (Å²) < 4.78 is 16.5. The Labute approximate surface area is 159 Å². The smallest absolute Gasteiger partial charge is 0.258 e. The van der Waals surface area contributed by atoms with Gasteiger partial charge in [0.15, 0.2) is 18.1 Å². The Morgan fingerprint density at radius 1 is 1.08 bits per heavy atom. The molecule has 0 aliphatic heterocycles. The highest BCUT2D eigenvalue weighted by molar-refractivity contribution is 6.30. The first-order chi connectivity index (χ1) is 12.6. The number of carbonyl (C=O) groups is 1. The summed E-state index contributed by atoms with van der Waals surface area (Å²) in [6, 6.07) is 12.5. The number of nitrogens with one attached hydrogen (secondary N) is 1. The van der Waals surface area contributed by atoms with E-state index in [2.05, 4.69) is 12.2 Å². The number of rotatable bonds is 10. The van der Waals surface area contributed by atoms with Gasteiger partial charge in [-0.05, 0) is 48.4 Å². The molecule has 0 atom stereocenters. The van der Waals surface area contributed by atoms with Crippen LogP contribution >= 0.6 is 11.6 Å². The van der Waals surface area contributed by atoms with Crippen LogP contribution in [-0.2, 0) is 11.3 Å². The average Bonchev–Trinajstić information content (AvgIpc) is 2.66. The summed E-state index contributed by atoms with van der Waals surface area (Å²) >= 11 is 5.81. The molecule has 26 heavy (non-hydrogen) atoms. The number of carbonyl (C=O) groups excluding carboxylic acids is 1. The number of methoxy groups -OCH3 is 1. The molecule has 2 aromatic carbocycles. The van der Waals surface area contributed by atoms with Crippen molar-refractivity contribution < 1.29 is 19.0 Å². The van der Waals surface area contributed by atoms with Crippen molar-refractivity contribution in [1.82, 2.24) is 5.32 Å². The molecule has 0 aliphatic carbocycles. The Morgan fingerprint density at radius 2 is 1.85 bits per heavy atom. The Balaban J connectivity index is 1.82. The molecule has 2 rings (SSSR count). The van der Waals surface area contributed by atoms with Crippen LogP contribution in [-0.4, -0.2) is 26.2 Å². The van der Waals surface area contributed by atoms with E-state index in [1.165, 1.54) is 0 Å². The van der Waals surface area contributed by atoms with Gasteiger partial charge in [0, 0.05) is 11.6 Å². The molecule has 0 fully saturated rings. The fourth-order valence-corrected chi connectivity index (χ4v) is 2.33. The summed E-state index contributed by atoms with van der Waals surface area (Å²) in [7, 11) is 1.60. The minimum Gasteiger partial charge on any atom is -0.493 e. The van der Waals surface area contributed by atoms with Gasteiger partial charge in [0.05, 0.1) is 13.7 Å². The minimum absolute atomic E-state index is 0.0586. The number of hydrogen-bond acceptors (Lipinski definition) is 4. The first kappa shape index (κ1) is 19.9. The van der Waals surface area contributed by atoms with Crippen molar-refractivity contribution in [3.05, 3.63) is 53.1 Å². The van der Waals surface area contributed by atoms with Gasteiger partial charge in [0.25, 0.3) is 5.91 Å². The molecule has 140 valence electrons. The van der Waals surface area contributed by atoms with E-state index in [9.17, 15) is 4.79 Å². The van der Waals surface area contributed by atoms with E-state index >= 15 is 0 Å². The van der Waals surface area contributed by atoms with Crippen molar-refractivity contribution >= 4 is 17.5 Å². The highest BCUT2D eigenvalue weighted by Crippen LogP contribution is 2.28. The molecular formula is C20H24ClNO4. The molecule has 0 aromatic heterocycles. The summed E-state index contributed by atoms with van der Waals surface area (Å²) in [6.07, 6.45) is 2.07. The van der Waals surface area contributed by atoms with Crippen LogP contribution in [0.1, 0.15) is 25.3 Å². The fraction of sp³-hybridized carbons (Fsp3) is 0.350. The molecule has 0 saturated carbocycles. The Morgan fingerprint density at radius 3 is 2.54 bits per heavy atom. The number of halogens is 1. The third-order valence-electron chi connectivity index (χ3n) is 3.66. The van der Waals surface area contributed by atoms with Crippen LogP contribution in [0.3, 0.4) is 0 Å². The van der Waals surface area contributed by atoms with Gasteiger partial charge in [-0.25, -0.2) is 0 Å². The van der Waals surface area contributed by atoms with Gasteiger partial charge in [-0.3, -0.25) is 4.79 Å². The van der Waals surface area contributed by atoms with Crippen molar-refractivity contribution in [1.29, 1.82) is 0 Å². The van der Waals surface area contributed by atoms with Crippen LogP contribution in [0.15, 0.2) is 42.5 Å². The number of ether oxygens (including phenoxy) is 3. The molecular weight excluding hydrogens is 354 g/mol. The number of amides is 1. The lowest BCUT2D eigenvalue weighted by Gasteiger charge is -2.12. The van der Waals surface area contributed by atoms with Crippen molar-refractivity contribution in [3.63, 3.8) is 0 Å². The second-order valence-corrected chi connectivity index (χ2v) is 6.14. The minimum atomic E-state index is -0.206. The molecule has 0 saturated heterocycles. The van der Waals surface area contributed by atoms with Gasteiger partial charge in [0.2, 0.25) is 0 Å². The van der Waals surface area contributed by atoms with Crippen molar-refractivity contribution in [2.75, 3.05) is 20.3 Å². The van der Waals surface area contributed by atoms with E-state index in [0.29, 0.717) is 35.4 Å². The van der Waals surface area contributed by atoms with Gasteiger partial charge in [0.1, 0.15) is 5.75 Å². The van der Waals surface area contributed by atoms with Gasteiger partial charge in [-0.1, -0.05) is 31.0 Å². The Hall–Kier alpha value is -2.40. The number of unbranched alkanes of at least 4 members (excludes halogenated alkanes) is 1. The maximum atomic E-state index is 11.9. The Bertz CT molecular complexity index is 703. The van der Waals surface area contributed by atoms with E-state index < -0.39 is 0 Å². The zero-order valence-corrected chi connectivity index (χ0v) is 15.8. The maximum Gasteiger partial charge on any atom is 0.258 e. The average molecular weight is 378 g/mol. The van der Waals surface area contributed by atoms with Crippen LogP contribution in [0.5, 0.6) is 17.2 Å². The zero-order valence-electron chi connectivity index (χ0n) is 15.1. The third-order valence-corrected chi connectivity index (χ3v) is 3.91. The largest absolute Gasteiger partial charge is 0.493 e. The van der Waals surface area contributed by atoms with Crippen LogP contribution in [0.4, 0.5) is 0 Å². The van der Waals surface area contributed by atoms with E-state index in [0.717, 1.165) is 18.4 Å². The zero-order chi connectivity index (χ0) is 18.8. The van der Waals surface area contributed by atoms with Gasteiger partial charge >= 0.3 is 0 Å². The van der Waals surface area contributed by atoms with Crippen LogP contribution in [0.25, 0.3) is 0 Å². The summed E-state index contributed by atoms with van der Waals surface area (Å²) in [4.78, 5) is 11.9. The predicted octanol–water partition coefficient (Wildman–Crippen LogP) is 4.22. The van der Waals surface area contributed by atoms with Crippen molar-refractivity contribution in [2.45, 2.75) is 26.3 Å². The molecule has 0 bridgehead atoms. The predicted molar refractivity (Wildman–Crippen MR) is 102 cm³/mol. The standard InChI is InChI=1S/C20H24ClNO4/c1-3-4-11-25-18-10-5-15(12-19(18)24-2)13-22-20(23)14-26-17-8-6-16(21)7-9-17/h5-10,12H,3-4,11,13-14H2,1-2H3,(H,22,23). The van der Waals surface area contributed by atoms with Gasteiger partial charge in [-0.2, -0.15) is 0 Å². The van der Waals surface area contributed by atoms with E-state index in [-0.39, 0.29) is 12.5 Å². The van der Waals surface area contributed by atoms with E-state index in [1.807, 2.05) is 18.2 Å². The summed E-state index contributed by atoms with van der Waals surface area (Å²) in [5, 5.41) is 3.44. The van der Waals surface area contributed by atoms with Crippen molar-refractivity contribution in [2.24, 2.45) is 0 Å². The monoisotopic (exact) mass is 377 g/mol. The normalized spacial score (nSPS) is 10.3. The third kappa shape index (κ3) is 6.48. The molecule has 0 heterocycles. The SMILES string of the molecule is CCCCOc1ccc(CNC(=O)COc2ccc(Cl)cc2)cc1OC. The van der Waals surface area contributed by atoms with Crippen molar-refractivity contribution in [3.8, 4) is 17.2 Å². The summed E-state index contributed by atoms with van der Waals surface area (Å²) in [5.74, 6) is 1.76. The second-order valence-electron chi connectivity index (χ2n) is 5.71. The molecule has 1 N–H and O–H groups in total. The summed E-state index contributed by atoms with van der Waals surface area (Å²) in [6.45, 7) is 3.10. The van der Waals surface area contributed by atoms with E-state index in [4.69, 9.17) is 25.8 Å². The molecule has 0 unspecified atom stereocenters. The highest BCUT2D eigenvalue weighted by atomic mass is 35.5. The quantitative estimate of drug-likeness (QED) is 0.630.